The summed E-state index contributed by atoms with van der Waals surface area (Å²) in [5.41, 5.74) is 2.58. The summed E-state index contributed by atoms with van der Waals surface area (Å²) in [4.78, 5) is 2.48. The van der Waals surface area contributed by atoms with Crippen LogP contribution in [0.1, 0.15) is 17.2 Å². The second-order valence-electron chi connectivity index (χ2n) is 5.34. The highest BCUT2D eigenvalue weighted by Crippen LogP contribution is 2.21. The van der Waals surface area contributed by atoms with Crippen molar-refractivity contribution in [3.63, 3.8) is 0 Å². The van der Waals surface area contributed by atoms with Crippen LogP contribution >= 0.6 is 0 Å². The Kier molecular flexibility index (Phi) is 4.14. The van der Waals surface area contributed by atoms with Gasteiger partial charge in [0.1, 0.15) is 0 Å². The summed E-state index contributed by atoms with van der Waals surface area (Å²) < 4.78 is 7.75. The average Bonchev–Trinajstić information content (AvgIpc) is 2.92. The number of rotatable bonds is 4. The molecule has 3 rings (SSSR count). The Labute approximate surface area is 120 Å². The summed E-state index contributed by atoms with van der Waals surface area (Å²) in [6, 6.07) is 10.5. The van der Waals surface area contributed by atoms with Gasteiger partial charge in [0.2, 0.25) is 0 Å². The molecule has 1 fully saturated rings. The lowest BCUT2D eigenvalue weighted by Gasteiger charge is -2.33. The molecular weight excluding hydrogens is 250 g/mol. The predicted octanol–water partition coefficient (Wildman–Crippen LogP) is 2.04. The standard InChI is InChI=1S/C16H21N3O/c1-18-12-14(11-17-18)7-8-19-9-10-20-16(13-19)15-5-3-2-4-6-15/h2-6,11-12,16H,7-10,13H2,1H3/t16-/m0/s1. The number of hydrogen-bond acceptors (Lipinski definition) is 3. The zero-order chi connectivity index (χ0) is 13.8. The Hall–Kier alpha value is -1.65. The summed E-state index contributed by atoms with van der Waals surface area (Å²) in [6.07, 6.45) is 5.30. The van der Waals surface area contributed by atoms with Crippen LogP contribution in [-0.2, 0) is 18.2 Å². The van der Waals surface area contributed by atoms with Gasteiger partial charge in [0.05, 0.1) is 18.9 Å². The van der Waals surface area contributed by atoms with Crippen molar-refractivity contribution in [2.75, 3.05) is 26.2 Å². The number of ether oxygens (including phenoxy) is 1. The van der Waals surface area contributed by atoms with Gasteiger partial charge in [-0.15, -0.1) is 0 Å². The minimum Gasteiger partial charge on any atom is -0.371 e. The highest BCUT2D eigenvalue weighted by atomic mass is 16.5. The Bertz CT molecular complexity index is 538. The van der Waals surface area contributed by atoms with E-state index >= 15 is 0 Å². The fourth-order valence-corrected chi connectivity index (χ4v) is 2.66. The normalized spacial score (nSPS) is 20.1. The molecule has 106 valence electrons. The van der Waals surface area contributed by atoms with Crippen molar-refractivity contribution in [3.8, 4) is 0 Å². The van der Waals surface area contributed by atoms with Crippen LogP contribution in [-0.4, -0.2) is 40.9 Å². The molecule has 1 aliphatic rings. The maximum atomic E-state index is 5.89. The van der Waals surface area contributed by atoms with Crippen molar-refractivity contribution in [3.05, 3.63) is 53.9 Å². The quantitative estimate of drug-likeness (QED) is 0.852. The summed E-state index contributed by atoms with van der Waals surface area (Å²) in [7, 11) is 1.96. The maximum absolute atomic E-state index is 5.89. The summed E-state index contributed by atoms with van der Waals surface area (Å²) in [5, 5.41) is 4.22. The predicted molar refractivity (Wildman–Crippen MR) is 78.5 cm³/mol. The van der Waals surface area contributed by atoms with Crippen molar-refractivity contribution < 1.29 is 4.74 Å². The van der Waals surface area contributed by atoms with Gasteiger partial charge in [-0.3, -0.25) is 9.58 Å². The van der Waals surface area contributed by atoms with E-state index in [0.29, 0.717) is 0 Å². The van der Waals surface area contributed by atoms with E-state index in [2.05, 4.69) is 40.5 Å². The van der Waals surface area contributed by atoms with Crippen molar-refractivity contribution in [1.29, 1.82) is 0 Å². The van der Waals surface area contributed by atoms with Crippen LogP contribution in [0.4, 0.5) is 0 Å². The van der Waals surface area contributed by atoms with Gasteiger partial charge in [-0.2, -0.15) is 5.10 Å². The fraction of sp³-hybridized carbons (Fsp3) is 0.438. The van der Waals surface area contributed by atoms with Crippen LogP contribution in [0.15, 0.2) is 42.7 Å². The molecule has 1 saturated heterocycles. The third-order valence-electron chi connectivity index (χ3n) is 3.80. The van der Waals surface area contributed by atoms with Crippen LogP contribution in [0, 0.1) is 0 Å². The Balaban J connectivity index is 1.55. The van der Waals surface area contributed by atoms with Crippen LogP contribution in [0.3, 0.4) is 0 Å². The van der Waals surface area contributed by atoms with E-state index in [-0.39, 0.29) is 6.10 Å². The number of aromatic nitrogens is 2. The van der Waals surface area contributed by atoms with Crippen LogP contribution < -0.4 is 0 Å². The largest absolute Gasteiger partial charge is 0.371 e. The second kappa shape index (κ2) is 6.20. The monoisotopic (exact) mass is 271 g/mol. The minimum atomic E-state index is 0.207. The first-order valence-corrected chi connectivity index (χ1v) is 7.18. The summed E-state index contributed by atoms with van der Waals surface area (Å²) >= 11 is 0. The fourth-order valence-electron chi connectivity index (χ4n) is 2.66. The van der Waals surface area contributed by atoms with Crippen LogP contribution in [0.5, 0.6) is 0 Å². The molecule has 4 heteroatoms. The molecule has 20 heavy (non-hydrogen) atoms. The summed E-state index contributed by atoms with van der Waals surface area (Å²) in [6.45, 7) is 3.87. The molecule has 0 aliphatic carbocycles. The minimum absolute atomic E-state index is 0.207. The van der Waals surface area contributed by atoms with E-state index in [1.807, 2.05) is 24.0 Å². The molecule has 1 atom stereocenters. The lowest BCUT2D eigenvalue weighted by molar-refractivity contribution is -0.0295. The van der Waals surface area contributed by atoms with Crippen molar-refractivity contribution in [1.82, 2.24) is 14.7 Å². The number of morpholine rings is 1. The molecule has 0 radical (unpaired) electrons. The van der Waals surface area contributed by atoms with E-state index < -0.39 is 0 Å². The lowest BCUT2D eigenvalue weighted by Crippen LogP contribution is -2.39. The van der Waals surface area contributed by atoms with E-state index in [4.69, 9.17) is 4.74 Å². The lowest BCUT2D eigenvalue weighted by atomic mass is 10.1. The van der Waals surface area contributed by atoms with Gasteiger partial charge in [0.25, 0.3) is 0 Å². The molecule has 0 N–H and O–H groups in total. The third kappa shape index (κ3) is 3.26. The molecule has 1 aromatic heterocycles. The average molecular weight is 271 g/mol. The Morgan fingerprint density at radius 1 is 1.30 bits per heavy atom. The first-order valence-electron chi connectivity index (χ1n) is 7.18. The van der Waals surface area contributed by atoms with Gasteiger partial charge < -0.3 is 4.74 Å². The second-order valence-corrected chi connectivity index (χ2v) is 5.34. The SMILES string of the molecule is Cn1cc(CCN2CCO[C@H](c3ccccc3)C2)cn1. The van der Waals surface area contributed by atoms with Gasteiger partial charge in [0.15, 0.2) is 0 Å². The molecule has 1 aromatic carbocycles. The molecule has 0 saturated carbocycles. The molecule has 0 unspecified atom stereocenters. The van der Waals surface area contributed by atoms with Crippen molar-refractivity contribution in [2.24, 2.45) is 7.05 Å². The molecule has 4 nitrogen and oxygen atoms in total. The van der Waals surface area contributed by atoms with E-state index in [0.717, 1.165) is 32.7 Å². The van der Waals surface area contributed by atoms with Gasteiger partial charge in [0, 0.05) is 32.9 Å². The molecule has 2 heterocycles. The van der Waals surface area contributed by atoms with Gasteiger partial charge in [-0.1, -0.05) is 30.3 Å². The Morgan fingerprint density at radius 3 is 2.90 bits per heavy atom. The first kappa shape index (κ1) is 13.3. The van der Waals surface area contributed by atoms with Crippen molar-refractivity contribution >= 4 is 0 Å². The molecule has 2 aromatic rings. The maximum Gasteiger partial charge on any atom is 0.0952 e. The highest BCUT2D eigenvalue weighted by Gasteiger charge is 2.21. The smallest absolute Gasteiger partial charge is 0.0952 e. The zero-order valence-electron chi connectivity index (χ0n) is 11.9. The zero-order valence-corrected chi connectivity index (χ0v) is 11.9. The van der Waals surface area contributed by atoms with E-state index in [9.17, 15) is 0 Å². The van der Waals surface area contributed by atoms with Gasteiger partial charge in [-0.25, -0.2) is 0 Å². The molecule has 0 amide bonds. The number of nitrogens with zero attached hydrogens (tertiary/aromatic N) is 3. The van der Waals surface area contributed by atoms with Crippen LogP contribution in [0.2, 0.25) is 0 Å². The molecule has 1 aliphatic heterocycles. The Morgan fingerprint density at radius 2 is 2.15 bits per heavy atom. The highest BCUT2D eigenvalue weighted by molar-refractivity contribution is 5.18. The van der Waals surface area contributed by atoms with E-state index in [1.54, 1.807) is 0 Å². The number of hydrogen-bond donors (Lipinski definition) is 0. The van der Waals surface area contributed by atoms with Crippen molar-refractivity contribution in [2.45, 2.75) is 12.5 Å². The molecular formula is C16H21N3O. The van der Waals surface area contributed by atoms with E-state index in [1.165, 1.54) is 11.1 Å². The summed E-state index contributed by atoms with van der Waals surface area (Å²) in [5.74, 6) is 0. The molecule has 0 bridgehead atoms. The third-order valence-corrected chi connectivity index (χ3v) is 3.80. The van der Waals surface area contributed by atoms with Gasteiger partial charge >= 0.3 is 0 Å². The topological polar surface area (TPSA) is 30.3 Å². The first-order chi connectivity index (χ1) is 9.81. The van der Waals surface area contributed by atoms with Crippen LogP contribution in [0.25, 0.3) is 0 Å². The molecule has 0 spiro atoms. The number of benzene rings is 1. The number of aryl methyl sites for hydroxylation is 1. The van der Waals surface area contributed by atoms with Gasteiger partial charge in [-0.05, 0) is 17.5 Å².